The molecule has 1 aliphatic rings. The Labute approximate surface area is 82.1 Å². The van der Waals surface area contributed by atoms with E-state index in [1.165, 1.54) is 6.20 Å². The van der Waals surface area contributed by atoms with Crippen LogP contribution in [0, 0.1) is 11.3 Å². The van der Waals surface area contributed by atoms with E-state index in [9.17, 15) is 0 Å². The minimum Gasteiger partial charge on any atom is -0.493 e. The number of ether oxygens (including phenoxy) is 2. The standard InChI is InChI=1S/C10H10N2O2/c1-13-9-4-5-12-8(6-11)10(9)14-7-2-3-7/h4-5,7H,2-3H2,1H3. The minimum atomic E-state index is 0.236. The average Bonchev–Trinajstić information content (AvgIpc) is 3.02. The highest BCUT2D eigenvalue weighted by Gasteiger charge is 2.26. The molecule has 72 valence electrons. The second kappa shape index (κ2) is 3.54. The largest absolute Gasteiger partial charge is 0.493 e. The van der Waals surface area contributed by atoms with E-state index in [-0.39, 0.29) is 11.8 Å². The molecule has 1 aliphatic carbocycles. The average molecular weight is 190 g/mol. The molecule has 0 amide bonds. The molecule has 1 aromatic rings. The number of nitrogens with zero attached hydrogens (tertiary/aromatic N) is 2. The van der Waals surface area contributed by atoms with Crippen molar-refractivity contribution in [3.05, 3.63) is 18.0 Å². The third kappa shape index (κ3) is 1.62. The fourth-order valence-electron chi connectivity index (χ4n) is 1.14. The summed E-state index contributed by atoms with van der Waals surface area (Å²) < 4.78 is 10.7. The van der Waals surface area contributed by atoms with E-state index >= 15 is 0 Å². The van der Waals surface area contributed by atoms with Gasteiger partial charge in [0.25, 0.3) is 0 Å². The van der Waals surface area contributed by atoms with Crippen LogP contribution in [-0.2, 0) is 0 Å². The Morgan fingerprint density at radius 2 is 2.36 bits per heavy atom. The van der Waals surface area contributed by atoms with Gasteiger partial charge in [0.1, 0.15) is 6.07 Å². The fraction of sp³-hybridized carbons (Fsp3) is 0.400. The van der Waals surface area contributed by atoms with Gasteiger partial charge in [-0.3, -0.25) is 0 Å². The Bertz CT molecular complexity index is 380. The van der Waals surface area contributed by atoms with Crippen LogP contribution in [0.3, 0.4) is 0 Å². The number of rotatable bonds is 3. The van der Waals surface area contributed by atoms with Crippen molar-refractivity contribution in [2.75, 3.05) is 7.11 Å². The van der Waals surface area contributed by atoms with Crippen molar-refractivity contribution in [2.45, 2.75) is 18.9 Å². The highest BCUT2D eigenvalue weighted by atomic mass is 16.5. The summed E-state index contributed by atoms with van der Waals surface area (Å²) in [6.45, 7) is 0. The minimum absolute atomic E-state index is 0.236. The maximum atomic E-state index is 8.82. The molecule has 1 aromatic heterocycles. The molecule has 14 heavy (non-hydrogen) atoms. The quantitative estimate of drug-likeness (QED) is 0.724. The summed E-state index contributed by atoms with van der Waals surface area (Å²) in [6, 6.07) is 3.68. The lowest BCUT2D eigenvalue weighted by Gasteiger charge is -2.09. The summed E-state index contributed by atoms with van der Waals surface area (Å²) in [5.41, 5.74) is 0.288. The van der Waals surface area contributed by atoms with Crippen LogP contribution in [-0.4, -0.2) is 18.2 Å². The first kappa shape index (κ1) is 8.82. The molecule has 1 heterocycles. The Kier molecular flexibility index (Phi) is 2.23. The van der Waals surface area contributed by atoms with Crippen LogP contribution in [0.1, 0.15) is 18.5 Å². The van der Waals surface area contributed by atoms with Gasteiger partial charge < -0.3 is 9.47 Å². The Hall–Kier alpha value is -1.76. The van der Waals surface area contributed by atoms with Gasteiger partial charge >= 0.3 is 0 Å². The summed E-state index contributed by atoms with van der Waals surface area (Å²) in [7, 11) is 1.55. The van der Waals surface area contributed by atoms with E-state index in [1.807, 2.05) is 6.07 Å². The molecule has 0 bridgehead atoms. The number of hydrogen-bond acceptors (Lipinski definition) is 4. The number of nitriles is 1. The summed E-state index contributed by atoms with van der Waals surface area (Å²) in [5, 5.41) is 8.82. The lowest BCUT2D eigenvalue weighted by atomic mass is 10.3. The third-order valence-electron chi connectivity index (χ3n) is 2.00. The van der Waals surface area contributed by atoms with Gasteiger partial charge in [0.15, 0.2) is 17.2 Å². The van der Waals surface area contributed by atoms with E-state index in [1.54, 1.807) is 13.2 Å². The van der Waals surface area contributed by atoms with Crippen LogP contribution in [0.2, 0.25) is 0 Å². The first-order valence-corrected chi connectivity index (χ1v) is 4.45. The first-order chi connectivity index (χ1) is 6.85. The lowest BCUT2D eigenvalue weighted by Crippen LogP contribution is -2.02. The molecule has 0 unspecified atom stereocenters. The summed E-state index contributed by atoms with van der Waals surface area (Å²) in [4.78, 5) is 3.92. The van der Waals surface area contributed by atoms with Crippen LogP contribution in [0.15, 0.2) is 12.3 Å². The van der Waals surface area contributed by atoms with Gasteiger partial charge in [-0.2, -0.15) is 5.26 Å². The molecule has 2 rings (SSSR count). The lowest BCUT2D eigenvalue weighted by molar-refractivity contribution is 0.280. The molecule has 0 saturated heterocycles. The molecule has 0 aromatic carbocycles. The SMILES string of the molecule is COc1ccnc(C#N)c1OC1CC1. The molecule has 1 fully saturated rings. The normalized spacial score (nSPS) is 14.6. The molecular weight excluding hydrogens is 180 g/mol. The molecule has 1 saturated carbocycles. The van der Waals surface area contributed by atoms with Crippen molar-refractivity contribution in [2.24, 2.45) is 0 Å². The molecule has 0 atom stereocenters. The second-order valence-electron chi connectivity index (χ2n) is 3.12. The maximum absolute atomic E-state index is 8.82. The predicted molar refractivity (Wildman–Crippen MR) is 49.2 cm³/mol. The van der Waals surface area contributed by atoms with Crippen molar-refractivity contribution < 1.29 is 9.47 Å². The Morgan fingerprint density at radius 3 is 2.93 bits per heavy atom. The molecule has 0 radical (unpaired) electrons. The molecule has 0 aliphatic heterocycles. The first-order valence-electron chi connectivity index (χ1n) is 4.45. The summed E-state index contributed by atoms with van der Waals surface area (Å²) >= 11 is 0. The van der Waals surface area contributed by atoms with E-state index in [2.05, 4.69) is 4.98 Å². The Morgan fingerprint density at radius 1 is 1.57 bits per heavy atom. The van der Waals surface area contributed by atoms with Gasteiger partial charge in [-0.15, -0.1) is 0 Å². The van der Waals surface area contributed by atoms with Gasteiger partial charge in [-0.1, -0.05) is 0 Å². The van der Waals surface area contributed by atoms with E-state index in [0.29, 0.717) is 11.5 Å². The van der Waals surface area contributed by atoms with E-state index in [4.69, 9.17) is 14.7 Å². The van der Waals surface area contributed by atoms with Crippen molar-refractivity contribution >= 4 is 0 Å². The molecule has 0 spiro atoms. The van der Waals surface area contributed by atoms with Crippen LogP contribution < -0.4 is 9.47 Å². The fourth-order valence-corrected chi connectivity index (χ4v) is 1.14. The second-order valence-corrected chi connectivity index (χ2v) is 3.12. The summed E-state index contributed by atoms with van der Waals surface area (Å²) in [6.07, 6.45) is 3.86. The smallest absolute Gasteiger partial charge is 0.198 e. The third-order valence-corrected chi connectivity index (χ3v) is 2.00. The molecule has 4 nitrogen and oxygen atoms in total. The topological polar surface area (TPSA) is 55.1 Å². The van der Waals surface area contributed by atoms with Crippen LogP contribution in [0.25, 0.3) is 0 Å². The summed E-state index contributed by atoms with van der Waals surface area (Å²) in [5.74, 6) is 1.04. The molecule has 0 N–H and O–H groups in total. The number of aromatic nitrogens is 1. The zero-order valence-electron chi connectivity index (χ0n) is 7.86. The molecular formula is C10H10N2O2. The monoisotopic (exact) mass is 190 g/mol. The zero-order chi connectivity index (χ0) is 9.97. The van der Waals surface area contributed by atoms with Crippen molar-refractivity contribution in [1.82, 2.24) is 4.98 Å². The van der Waals surface area contributed by atoms with Gasteiger partial charge in [0.2, 0.25) is 0 Å². The van der Waals surface area contributed by atoms with Crippen molar-refractivity contribution in [1.29, 1.82) is 5.26 Å². The van der Waals surface area contributed by atoms with Crippen LogP contribution in [0.5, 0.6) is 11.5 Å². The highest BCUT2D eigenvalue weighted by molar-refractivity contribution is 5.48. The Balaban J connectivity index is 2.35. The van der Waals surface area contributed by atoms with Crippen molar-refractivity contribution in [3.63, 3.8) is 0 Å². The number of pyridine rings is 1. The van der Waals surface area contributed by atoms with Gasteiger partial charge in [-0.25, -0.2) is 4.98 Å². The van der Waals surface area contributed by atoms with Crippen LogP contribution in [0.4, 0.5) is 0 Å². The van der Waals surface area contributed by atoms with Gasteiger partial charge in [-0.05, 0) is 12.8 Å². The van der Waals surface area contributed by atoms with E-state index in [0.717, 1.165) is 12.8 Å². The zero-order valence-corrected chi connectivity index (χ0v) is 7.86. The highest BCUT2D eigenvalue weighted by Crippen LogP contribution is 2.34. The van der Waals surface area contributed by atoms with Gasteiger partial charge in [0.05, 0.1) is 13.2 Å². The van der Waals surface area contributed by atoms with Gasteiger partial charge in [0, 0.05) is 12.3 Å². The van der Waals surface area contributed by atoms with Crippen LogP contribution >= 0.6 is 0 Å². The predicted octanol–water partition coefficient (Wildman–Crippen LogP) is 1.50. The van der Waals surface area contributed by atoms with Crippen molar-refractivity contribution in [3.8, 4) is 17.6 Å². The molecule has 4 heteroatoms. The number of methoxy groups -OCH3 is 1. The number of hydrogen-bond donors (Lipinski definition) is 0. The van der Waals surface area contributed by atoms with E-state index < -0.39 is 0 Å². The maximum Gasteiger partial charge on any atom is 0.198 e.